The van der Waals surface area contributed by atoms with Crippen LogP contribution in [0.1, 0.15) is 19.3 Å². The SMILES string of the molecule is COc1ccc(Cl)c(NCCC2CCCO2)c1. The fourth-order valence-corrected chi connectivity index (χ4v) is 2.19. The summed E-state index contributed by atoms with van der Waals surface area (Å²) < 4.78 is 10.7. The van der Waals surface area contributed by atoms with Gasteiger partial charge in [-0.3, -0.25) is 0 Å². The molecule has 3 nitrogen and oxygen atoms in total. The lowest BCUT2D eigenvalue weighted by Crippen LogP contribution is -2.12. The average molecular weight is 256 g/mol. The van der Waals surface area contributed by atoms with Crippen LogP contribution in [-0.4, -0.2) is 26.4 Å². The number of ether oxygens (including phenoxy) is 2. The molecule has 94 valence electrons. The topological polar surface area (TPSA) is 30.5 Å². The normalized spacial score (nSPS) is 19.3. The van der Waals surface area contributed by atoms with Crippen molar-refractivity contribution in [3.05, 3.63) is 23.2 Å². The molecule has 4 heteroatoms. The molecule has 1 unspecified atom stereocenters. The molecular formula is C13H18ClNO2. The average Bonchev–Trinajstić information content (AvgIpc) is 2.84. The summed E-state index contributed by atoms with van der Waals surface area (Å²) in [4.78, 5) is 0. The smallest absolute Gasteiger partial charge is 0.121 e. The number of benzene rings is 1. The van der Waals surface area contributed by atoms with Gasteiger partial charge in [-0.1, -0.05) is 11.6 Å². The monoisotopic (exact) mass is 255 g/mol. The summed E-state index contributed by atoms with van der Waals surface area (Å²) in [7, 11) is 1.65. The van der Waals surface area contributed by atoms with Gasteiger partial charge in [0.25, 0.3) is 0 Å². The van der Waals surface area contributed by atoms with Gasteiger partial charge in [-0.15, -0.1) is 0 Å². The Morgan fingerprint density at radius 2 is 2.41 bits per heavy atom. The van der Waals surface area contributed by atoms with Crippen LogP contribution >= 0.6 is 11.6 Å². The van der Waals surface area contributed by atoms with E-state index in [0.717, 1.165) is 36.0 Å². The van der Waals surface area contributed by atoms with Crippen LogP contribution in [0.15, 0.2) is 18.2 Å². The number of nitrogens with one attached hydrogen (secondary N) is 1. The molecule has 0 bridgehead atoms. The molecule has 0 aliphatic carbocycles. The zero-order valence-electron chi connectivity index (χ0n) is 10.0. The van der Waals surface area contributed by atoms with Crippen molar-refractivity contribution in [1.82, 2.24) is 0 Å². The molecule has 1 heterocycles. The Kier molecular flexibility index (Phi) is 4.51. The van der Waals surface area contributed by atoms with Crippen LogP contribution in [0.25, 0.3) is 0 Å². The van der Waals surface area contributed by atoms with E-state index in [9.17, 15) is 0 Å². The van der Waals surface area contributed by atoms with Gasteiger partial charge in [-0.2, -0.15) is 0 Å². The van der Waals surface area contributed by atoms with E-state index >= 15 is 0 Å². The number of hydrogen-bond donors (Lipinski definition) is 1. The third kappa shape index (κ3) is 3.51. The van der Waals surface area contributed by atoms with E-state index in [1.54, 1.807) is 7.11 Å². The molecule has 1 aromatic carbocycles. The van der Waals surface area contributed by atoms with Crippen molar-refractivity contribution in [2.24, 2.45) is 0 Å². The lowest BCUT2D eigenvalue weighted by atomic mass is 10.2. The highest BCUT2D eigenvalue weighted by Gasteiger charge is 2.14. The quantitative estimate of drug-likeness (QED) is 0.876. The summed E-state index contributed by atoms with van der Waals surface area (Å²) in [6.45, 7) is 1.78. The summed E-state index contributed by atoms with van der Waals surface area (Å²) in [5, 5.41) is 4.04. The largest absolute Gasteiger partial charge is 0.497 e. The van der Waals surface area contributed by atoms with Crippen LogP contribution in [0.2, 0.25) is 5.02 Å². The molecule has 0 spiro atoms. The van der Waals surface area contributed by atoms with E-state index in [0.29, 0.717) is 6.10 Å². The lowest BCUT2D eigenvalue weighted by Gasteiger charge is -2.12. The first-order valence-corrected chi connectivity index (χ1v) is 6.36. The van der Waals surface area contributed by atoms with E-state index in [2.05, 4.69) is 5.32 Å². The van der Waals surface area contributed by atoms with E-state index in [4.69, 9.17) is 21.1 Å². The molecule has 1 atom stereocenters. The Bertz CT molecular complexity index is 364. The minimum atomic E-state index is 0.409. The maximum absolute atomic E-state index is 6.10. The van der Waals surface area contributed by atoms with Gasteiger partial charge < -0.3 is 14.8 Å². The summed E-state index contributed by atoms with van der Waals surface area (Å²) in [6, 6.07) is 5.61. The molecule has 1 fully saturated rings. The maximum Gasteiger partial charge on any atom is 0.121 e. The van der Waals surface area contributed by atoms with Crippen LogP contribution < -0.4 is 10.1 Å². The summed E-state index contributed by atoms with van der Waals surface area (Å²) in [5.74, 6) is 0.814. The molecule has 0 radical (unpaired) electrons. The first-order valence-electron chi connectivity index (χ1n) is 5.98. The van der Waals surface area contributed by atoms with Crippen molar-refractivity contribution in [2.75, 3.05) is 25.6 Å². The molecule has 1 aromatic rings. The van der Waals surface area contributed by atoms with Gasteiger partial charge in [0.2, 0.25) is 0 Å². The third-order valence-electron chi connectivity index (χ3n) is 2.98. The Balaban J connectivity index is 1.84. The molecule has 0 amide bonds. The summed E-state index contributed by atoms with van der Waals surface area (Å²) in [5.41, 5.74) is 0.920. The fraction of sp³-hybridized carbons (Fsp3) is 0.538. The van der Waals surface area contributed by atoms with Gasteiger partial charge in [0.05, 0.1) is 23.9 Å². The highest BCUT2D eigenvalue weighted by Crippen LogP contribution is 2.26. The van der Waals surface area contributed by atoms with Crippen molar-refractivity contribution in [2.45, 2.75) is 25.4 Å². The highest BCUT2D eigenvalue weighted by molar-refractivity contribution is 6.33. The van der Waals surface area contributed by atoms with Gasteiger partial charge in [0.15, 0.2) is 0 Å². The number of methoxy groups -OCH3 is 1. The van der Waals surface area contributed by atoms with Gasteiger partial charge in [0, 0.05) is 19.2 Å². The molecule has 1 aliphatic rings. The Labute approximate surface area is 107 Å². The van der Waals surface area contributed by atoms with Crippen molar-refractivity contribution in [1.29, 1.82) is 0 Å². The second kappa shape index (κ2) is 6.12. The molecule has 0 aromatic heterocycles. The predicted octanol–water partition coefficient (Wildman–Crippen LogP) is 3.33. The first-order chi connectivity index (χ1) is 8.29. The number of hydrogen-bond acceptors (Lipinski definition) is 3. The molecule has 2 rings (SSSR count). The number of anilines is 1. The molecule has 1 saturated heterocycles. The van der Waals surface area contributed by atoms with Gasteiger partial charge in [-0.05, 0) is 31.4 Å². The zero-order valence-corrected chi connectivity index (χ0v) is 10.8. The molecule has 17 heavy (non-hydrogen) atoms. The van der Waals surface area contributed by atoms with Crippen LogP contribution in [0.5, 0.6) is 5.75 Å². The highest BCUT2D eigenvalue weighted by atomic mass is 35.5. The number of halogens is 1. The van der Waals surface area contributed by atoms with Crippen LogP contribution in [0, 0.1) is 0 Å². The molecule has 1 aliphatic heterocycles. The van der Waals surface area contributed by atoms with E-state index in [1.165, 1.54) is 12.8 Å². The van der Waals surface area contributed by atoms with Gasteiger partial charge >= 0.3 is 0 Å². The maximum atomic E-state index is 6.10. The molecular weight excluding hydrogens is 238 g/mol. The predicted molar refractivity (Wildman–Crippen MR) is 70.1 cm³/mol. The Morgan fingerprint density at radius 1 is 1.53 bits per heavy atom. The van der Waals surface area contributed by atoms with E-state index in [-0.39, 0.29) is 0 Å². The molecule has 0 saturated carbocycles. The summed E-state index contributed by atoms with van der Waals surface area (Å²) in [6.07, 6.45) is 3.79. The Hall–Kier alpha value is -0.930. The Morgan fingerprint density at radius 3 is 3.12 bits per heavy atom. The van der Waals surface area contributed by atoms with Crippen LogP contribution in [0.3, 0.4) is 0 Å². The summed E-state index contributed by atoms with van der Waals surface area (Å²) >= 11 is 6.10. The fourth-order valence-electron chi connectivity index (χ4n) is 2.01. The minimum absolute atomic E-state index is 0.409. The minimum Gasteiger partial charge on any atom is -0.497 e. The van der Waals surface area contributed by atoms with Crippen molar-refractivity contribution >= 4 is 17.3 Å². The van der Waals surface area contributed by atoms with E-state index in [1.807, 2.05) is 18.2 Å². The second-order valence-electron chi connectivity index (χ2n) is 4.20. The van der Waals surface area contributed by atoms with E-state index < -0.39 is 0 Å². The van der Waals surface area contributed by atoms with Crippen molar-refractivity contribution in [3.8, 4) is 5.75 Å². The van der Waals surface area contributed by atoms with Crippen LogP contribution in [-0.2, 0) is 4.74 Å². The number of rotatable bonds is 5. The standard InChI is InChI=1S/C13H18ClNO2/c1-16-11-4-5-12(14)13(9-11)15-7-6-10-3-2-8-17-10/h4-5,9-10,15H,2-3,6-8H2,1H3. The van der Waals surface area contributed by atoms with Gasteiger partial charge in [-0.25, -0.2) is 0 Å². The van der Waals surface area contributed by atoms with Crippen LogP contribution in [0.4, 0.5) is 5.69 Å². The molecule has 1 N–H and O–H groups in total. The third-order valence-corrected chi connectivity index (χ3v) is 3.31. The first kappa shape index (κ1) is 12.5. The van der Waals surface area contributed by atoms with Gasteiger partial charge in [0.1, 0.15) is 5.75 Å². The van der Waals surface area contributed by atoms with Crippen molar-refractivity contribution in [3.63, 3.8) is 0 Å². The zero-order chi connectivity index (χ0) is 12.1. The lowest BCUT2D eigenvalue weighted by molar-refractivity contribution is 0.107. The second-order valence-corrected chi connectivity index (χ2v) is 4.60. The van der Waals surface area contributed by atoms with Crippen molar-refractivity contribution < 1.29 is 9.47 Å².